The van der Waals surface area contributed by atoms with Gasteiger partial charge in [-0.1, -0.05) is 34.8 Å². The van der Waals surface area contributed by atoms with Crippen molar-refractivity contribution in [3.8, 4) is 17.2 Å². The van der Waals surface area contributed by atoms with Crippen LogP contribution in [0.15, 0.2) is 42.5 Å². The zero-order valence-corrected chi connectivity index (χ0v) is 20.1. The molecule has 168 valence electrons. The SMILES string of the molecule is CCOc1ccc(NC(=S)NC(NC(=O)c2ccc(OC)c(OC)c2)C(Cl)(Cl)Cl)cc1. The molecular formula is C20H22Cl3N3O4S. The monoisotopic (exact) mass is 505 g/mol. The number of amides is 1. The number of halogens is 3. The molecule has 2 aromatic carbocycles. The topological polar surface area (TPSA) is 80.9 Å². The standard InChI is InChI=1S/C20H22Cl3N3O4S/c1-4-30-14-8-6-13(7-9-14)24-19(31)26-18(20(21,22)23)25-17(27)12-5-10-15(28-2)16(11-12)29-3/h5-11,18H,4H2,1-3H3,(H,25,27)(H2,24,26,31). The summed E-state index contributed by atoms with van der Waals surface area (Å²) in [5.74, 6) is 1.10. The van der Waals surface area contributed by atoms with Gasteiger partial charge in [-0.2, -0.15) is 0 Å². The van der Waals surface area contributed by atoms with Crippen molar-refractivity contribution in [2.75, 3.05) is 26.1 Å². The van der Waals surface area contributed by atoms with Gasteiger partial charge in [0.25, 0.3) is 5.91 Å². The van der Waals surface area contributed by atoms with Crippen molar-refractivity contribution in [3.05, 3.63) is 48.0 Å². The van der Waals surface area contributed by atoms with Crippen LogP contribution < -0.4 is 30.2 Å². The minimum atomic E-state index is -1.89. The van der Waals surface area contributed by atoms with E-state index < -0.39 is 15.9 Å². The molecule has 0 saturated heterocycles. The number of methoxy groups -OCH3 is 2. The lowest BCUT2D eigenvalue weighted by Gasteiger charge is -2.28. The van der Waals surface area contributed by atoms with E-state index in [1.165, 1.54) is 20.3 Å². The number of nitrogens with one attached hydrogen (secondary N) is 3. The molecule has 0 bridgehead atoms. The van der Waals surface area contributed by atoms with Gasteiger partial charge in [0.1, 0.15) is 11.9 Å². The van der Waals surface area contributed by atoms with E-state index in [2.05, 4.69) is 16.0 Å². The summed E-state index contributed by atoms with van der Waals surface area (Å²) >= 11 is 23.4. The zero-order valence-electron chi connectivity index (χ0n) is 17.0. The fourth-order valence-corrected chi connectivity index (χ4v) is 3.05. The summed E-state index contributed by atoms with van der Waals surface area (Å²) in [4.78, 5) is 12.7. The van der Waals surface area contributed by atoms with Gasteiger partial charge < -0.3 is 30.2 Å². The van der Waals surface area contributed by atoms with Gasteiger partial charge in [-0.15, -0.1) is 0 Å². The molecule has 3 N–H and O–H groups in total. The Kier molecular flexibility index (Phi) is 9.31. The van der Waals surface area contributed by atoms with Crippen molar-refractivity contribution in [1.29, 1.82) is 0 Å². The quantitative estimate of drug-likeness (QED) is 0.276. The summed E-state index contributed by atoms with van der Waals surface area (Å²) in [6.07, 6.45) is -1.12. The first kappa shape index (κ1) is 25.1. The maximum Gasteiger partial charge on any atom is 0.253 e. The zero-order chi connectivity index (χ0) is 23.0. The van der Waals surface area contributed by atoms with E-state index in [0.717, 1.165) is 5.75 Å². The molecule has 0 aliphatic heterocycles. The first-order chi connectivity index (χ1) is 14.7. The van der Waals surface area contributed by atoms with Gasteiger partial charge in [-0.3, -0.25) is 4.79 Å². The average molecular weight is 507 g/mol. The molecule has 31 heavy (non-hydrogen) atoms. The fraction of sp³-hybridized carbons (Fsp3) is 0.300. The lowest BCUT2D eigenvalue weighted by atomic mass is 10.2. The molecule has 0 fully saturated rings. The minimum Gasteiger partial charge on any atom is -0.494 e. The first-order valence-electron chi connectivity index (χ1n) is 9.08. The Morgan fingerprint density at radius 2 is 1.68 bits per heavy atom. The Morgan fingerprint density at radius 1 is 1.03 bits per heavy atom. The lowest BCUT2D eigenvalue weighted by Crippen LogP contribution is -2.56. The van der Waals surface area contributed by atoms with Gasteiger partial charge in [0.05, 0.1) is 20.8 Å². The number of rotatable bonds is 8. The van der Waals surface area contributed by atoms with Crippen LogP contribution in [0, 0.1) is 0 Å². The number of ether oxygens (including phenoxy) is 3. The Hall–Kier alpha value is -2.13. The van der Waals surface area contributed by atoms with Crippen LogP contribution in [0.4, 0.5) is 5.69 Å². The first-order valence-corrected chi connectivity index (χ1v) is 10.6. The van der Waals surface area contributed by atoms with E-state index in [1.54, 1.807) is 36.4 Å². The molecule has 2 rings (SSSR count). The van der Waals surface area contributed by atoms with Gasteiger partial charge in [0.2, 0.25) is 3.79 Å². The number of hydrogen-bond donors (Lipinski definition) is 3. The third kappa shape index (κ3) is 7.50. The Balaban J connectivity index is 2.08. The highest BCUT2D eigenvalue weighted by molar-refractivity contribution is 7.80. The Bertz CT molecular complexity index is 908. The smallest absolute Gasteiger partial charge is 0.253 e. The molecule has 0 aromatic heterocycles. The molecule has 7 nitrogen and oxygen atoms in total. The van der Waals surface area contributed by atoms with Crippen molar-refractivity contribution >= 4 is 63.7 Å². The summed E-state index contributed by atoms with van der Waals surface area (Å²) in [5.41, 5.74) is 0.972. The summed E-state index contributed by atoms with van der Waals surface area (Å²) in [7, 11) is 2.97. The predicted octanol–water partition coefficient (Wildman–Crippen LogP) is 4.52. The van der Waals surface area contributed by atoms with Crippen LogP contribution in [0.3, 0.4) is 0 Å². The summed E-state index contributed by atoms with van der Waals surface area (Å²) in [6, 6.07) is 11.8. The van der Waals surface area contributed by atoms with E-state index >= 15 is 0 Å². The normalized spacial score (nSPS) is 11.8. The highest BCUT2D eigenvalue weighted by Crippen LogP contribution is 2.30. The third-order valence-electron chi connectivity index (χ3n) is 3.95. The van der Waals surface area contributed by atoms with E-state index in [0.29, 0.717) is 23.8 Å². The Labute approximate surface area is 201 Å². The average Bonchev–Trinajstić information content (AvgIpc) is 2.73. The largest absolute Gasteiger partial charge is 0.494 e. The van der Waals surface area contributed by atoms with E-state index in [9.17, 15) is 4.79 Å². The van der Waals surface area contributed by atoms with E-state index in [1.807, 2.05) is 6.92 Å². The molecule has 2 aromatic rings. The molecule has 0 saturated carbocycles. The number of hydrogen-bond acceptors (Lipinski definition) is 5. The van der Waals surface area contributed by atoms with Gasteiger partial charge in [0, 0.05) is 11.3 Å². The van der Waals surface area contributed by atoms with Crippen molar-refractivity contribution < 1.29 is 19.0 Å². The van der Waals surface area contributed by atoms with Crippen molar-refractivity contribution in [3.63, 3.8) is 0 Å². The molecule has 0 aliphatic rings. The van der Waals surface area contributed by atoms with Gasteiger partial charge >= 0.3 is 0 Å². The molecule has 1 unspecified atom stereocenters. The van der Waals surface area contributed by atoms with Gasteiger partial charge in [0.15, 0.2) is 16.6 Å². The number of alkyl halides is 3. The molecule has 1 amide bonds. The highest BCUT2D eigenvalue weighted by Gasteiger charge is 2.35. The maximum atomic E-state index is 12.7. The van der Waals surface area contributed by atoms with Gasteiger partial charge in [-0.25, -0.2) is 0 Å². The molecular weight excluding hydrogens is 485 g/mol. The second kappa shape index (κ2) is 11.5. The maximum absolute atomic E-state index is 12.7. The molecule has 0 spiro atoms. The van der Waals surface area contributed by atoms with Crippen molar-refractivity contribution in [2.24, 2.45) is 0 Å². The Morgan fingerprint density at radius 3 is 2.23 bits per heavy atom. The predicted molar refractivity (Wildman–Crippen MR) is 128 cm³/mol. The minimum absolute atomic E-state index is 0.146. The van der Waals surface area contributed by atoms with Crippen molar-refractivity contribution in [1.82, 2.24) is 10.6 Å². The van der Waals surface area contributed by atoms with Crippen LogP contribution in [-0.4, -0.2) is 41.8 Å². The fourth-order valence-electron chi connectivity index (χ4n) is 2.49. The van der Waals surface area contributed by atoms with Crippen molar-refractivity contribution in [2.45, 2.75) is 16.9 Å². The van der Waals surface area contributed by atoms with Crippen LogP contribution in [0.25, 0.3) is 0 Å². The molecule has 0 aliphatic carbocycles. The number of benzene rings is 2. The van der Waals surface area contributed by atoms with E-state index in [-0.39, 0.29) is 10.7 Å². The summed E-state index contributed by atoms with van der Waals surface area (Å²) in [5, 5.41) is 8.52. The number of carbonyl (C=O) groups is 1. The third-order valence-corrected chi connectivity index (χ3v) is 4.82. The van der Waals surface area contributed by atoms with Crippen LogP contribution >= 0.6 is 47.0 Å². The second-order valence-corrected chi connectivity index (χ2v) is 8.85. The second-order valence-electron chi connectivity index (χ2n) is 6.07. The lowest BCUT2D eigenvalue weighted by molar-refractivity contribution is 0.0934. The van der Waals surface area contributed by atoms with Crippen LogP contribution in [0.5, 0.6) is 17.2 Å². The van der Waals surface area contributed by atoms with Gasteiger partial charge in [-0.05, 0) is 61.6 Å². The molecule has 11 heteroatoms. The summed E-state index contributed by atoms with van der Waals surface area (Å²) < 4.78 is 13.9. The van der Waals surface area contributed by atoms with Crippen LogP contribution in [0.2, 0.25) is 0 Å². The molecule has 0 radical (unpaired) electrons. The van der Waals surface area contributed by atoms with E-state index in [4.69, 9.17) is 61.2 Å². The number of thiocarbonyl (C=S) groups is 1. The number of anilines is 1. The van der Waals surface area contributed by atoms with Crippen LogP contribution in [-0.2, 0) is 0 Å². The molecule has 0 heterocycles. The molecule has 1 atom stereocenters. The van der Waals surface area contributed by atoms with Crippen LogP contribution in [0.1, 0.15) is 17.3 Å². The number of carbonyl (C=O) groups excluding carboxylic acids is 1. The highest BCUT2D eigenvalue weighted by atomic mass is 35.6. The summed E-state index contributed by atoms with van der Waals surface area (Å²) in [6.45, 7) is 2.47.